The smallest absolute Gasteiger partial charge is 0.329 e. The van der Waals surface area contributed by atoms with Crippen molar-refractivity contribution >= 4 is 23.8 Å². The van der Waals surface area contributed by atoms with E-state index in [0.29, 0.717) is 19.4 Å². The fourth-order valence-corrected chi connectivity index (χ4v) is 3.74. The van der Waals surface area contributed by atoms with Crippen molar-refractivity contribution in [3.63, 3.8) is 0 Å². The van der Waals surface area contributed by atoms with Gasteiger partial charge in [0, 0.05) is 6.54 Å². The molecular formula is C22H37NO7. The normalized spacial score (nSPS) is 17.1. The molecule has 0 aliphatic carbocycles. The monoisotopic (exact) mass is 427 g/mol. The third kappa shape index (κ3) is 6.71. The number of ether oxygens (including phenoxy) is 3. The zero-order valence-electron chi connectivity index (χ0n) is 19.4. The van der Waals surface area contributed by atoms with Crippen LogP contribution in [0.1, 0.15) is 74.1 Å². The van der Waals surface area contributed by atoms with Crippen LogP contribution in [-0.2, 0) is 33.4 Å². The second-order valence-electron chi connectivity index (χ2n) is 9.08. The standard InChI is InChI=1S/C22H37NO7/c1-8-28-19(26)22(13-15(3)4,20(27)29-9-2)14-17(24)23-12-10-11-16(23)18(25)30-21(5,6)7/h15-16H,8-14H2,1-7H3. The highest BCUT2D eigenvalue weighted by atomic mass is 16.6. The average molecular weight is 428 g/mol. The molecule has 0 radical (unpaired) electrons. The predicted octanol–water partition coefficient (Wildman–Crippen LogP) is 2.87. The van der Waals surface area contributed by atoms with E-state index in [4.69, 9.17) is 14.2 Å². The molecule has 0 aromatic carbocycles. The molecule has 1 atom stereocenters. The number of carbonyl (C=O) groups excluding carboxylic acids is 4. The lowest BCUT2D eigenvalue weighted by Gasteiger charge is -2.33. The molecule has 1 fully saturated rings. The van der Waals surface area contributed by atoms with E-state index in [1.54, 1.807) is 34.6 Å². The zero-order chi connectivity index (χ0) is 23.1. The van der Waals surface area contributed by atoms with Crippen LogP contribution in [0.5, 0.6) is 0 Å². The Morgan fingerprint density at radius 3 is 1.97 bits per heavy atom. The van der Waals surface area contributed by atoms with Gasteiger partial charge in [-0.25, -0.2) is 4.79 Å². The maximum absolute atomic E-state index is 13.2. The lowest BCUT2D eigenvalue weighted by molar-refractivity contribution is -0.177. The summed E-state index contributed by atoms with van der Waals surface area (Å²) in [6.45, 7) is 12.8. The second kappa shape index (κ2) is 10.8. The lowest BCUT2D eigenvalue weighted by Crippen LogP contribution is -2.50. The zero-order valence-corrected chi connectivity index (χ0v) is 19.4. The molecule has 1 amide bonds. The minimum atomic E-state index is -1.74. The molecule has 0 spiro atoms. The number of hydrogen-bond donors (Lipinski definition) is 0. The third-order valence-corrected chi connectivity index (χ3v) is 4.79. The van der Waals surface area contributed by atoms with Gasteiger partial charge in [-0.2, -0.15) is 0 Å². The van der Waals surface area contributed by atoms with Gasteiger partial charge in [-0.3, -0.25) is 14.4 Å². The molecule has 0 N–H and O–H groups in total. The van der Waals surface area contributed by atoms with Gasteiger partial charge >= 0.3 is 17.9 Å². The molecule has 1 heterocycles. The van der Waals surface area contributed by atoms with E-state index in [0.717, 1.165) is 0 Å². The van der Waals surface area contributed by atoms with Gasteiger partial charge in [0.25, 0.3) is 0 Å². The molecule has 1 unspecified atom stereocenters. The summed E-state index contributed by atoms with van der Waals surface area (Å²) in [5.41, 5.74) is -2.41. The molecule has 8 nitrogen and oxygen atoms in total. The third-order valence-electron chi connectivity index (χ3n) is 4.79. The Bertz CT molecular complexity index is 618. The van der Waals surface area contributed by atoms with Crippen molar-refractivity contribution in [2.45, 2.75) is 85.8 Å². The number of carbonyl (C=O) groups is 4. The average Bonchev–Trinajstić information content (AvgIpc) is 3.09. The van der Waals surface area contributed by atoms with E-state index >= 15 is 0 Å². The Morgan fingerprint density at radius 2 is 1.53 bits per heavy atom. The van der Waals surface area contributed by atoms with Crippen LogP contribution in [0.25, 0.3) is 0 Å². The number of amides is 1. The van der Waals surface area contributed by atoms with Crippen LogP contribution in [0.15, 0.2) is 0 Å². The van der Waals surface area contributed by atoms with Gasteiger partial charge in [-0.1, -0.05) is 13.8 Å². The first-order valence-electron chi connectivity index (χ1n) is 10.7. The van der Waals surface area contributed by atoms with E-state index in [1.165, 1.54) is 4.90 Å². The van der Waals surface area contributed by atoms with E-state index < -0.39 is 47.3 Å². The van der Waals surface area contributed by atoms with Gasteiger partial charge in [0.2, 0.25) is 5.91 Å². The number of rotatable bonds is 9. The molecular weight excluding hydrogens is 390 g/mol. The van der Waals surface area contributed by atoms with Crippen LogP contribution in [0, 0.1) is 11.3 Å². The Morgan fingerprint density at radius 1 is 1.00 bits per heavy atom. The van der Waals surface area contributed by atoms with Crippen LogP contribution >= 0.6 is 0 Å². The summed E-state index contributed by atoms with van der Waals surface area (Å²) in [6, 6.07) is -0.724. The Kier molecular flexibility index (Phi) is 9.31. The Hall–Kier alpha value is -2.12. The SMILES string of the molecule is CCOC(=O)C(CC(=O)N1CCCC1C(=O)OC(C)(C)C)(CC(C)C)C(=O)OCC. The summed E-state index contributed by atoms with van der Waals surface area (Å²) >= 11 is 0. The number of esters is 3. The summed E-state index contributed by atoms with van der Waals surface area (Å²) < 4.78 is 15.8. The van der Waals surface area contributed by atoms with Crippen molar-refractivity contribution in [1.82, 2.24) is 4.90 Å². The van der Waals surface area contributed by atoms with Crippen LogP contribution in [0.2, 0.25) is 0 Å². The summed E-state index contributed by atoms with van der Waals surface area (Å²) in [7, 11) is 0. The summed E-state index contributed by atoms with van der Waals surface area (Å²) in [4.78, 5) is 53.0. The van der Waals surface area contributed by atoms with E-state index in [9.17, 15) is 19.2 Å². The van der Waals surface area contributed by atoms with Gasteiger partial charge in [-0.15, -0.1) is 0 Å². The summed E-state index contributed by atoms with van der Waals surface area (Å²) in [5.74, 6) is -2.52. The molecule has 8 heteroatoms. The molecule has 1 saturated heterocycles. The fraction of sp³-hybridized carbons (Fsp3) is 0.818. The topological polar surface area (TPSA) is 99.2 Å². The van der Waals surface area contributed by atoms with E-state index in [2.05, 4.69) is 0 Å². The number of nitrogens with zero attached hydrogens (tertiary/aromatic N) is 1. The highest BCUT2D eigenvalue weighted by Crippen LogP contribution is 2.36. The highest BCUT2D eigenvalue weighted by molar-refractivity contribution is 6.04. The summed E-state index contributed by atoms with van der Waals surface area (Å²) in [6.07, 6.45) is 0.839. The van der Waals surface area contributed by atoms with Gasteiger partial charge < -0.3 is 19.1 Å². The Labute approximate surface area is 179 Å². The largest absolute Gasteiger partial charge is 0.465 e. The minimum absolute atomic E-state index is 0.0631. The van der Waals surface area contributed by atoms with Gasteiger partial charge in [0.15, 0.2) is 5.41 Å². The van der Waals surface area contributed by atoms with Crippen molar-refractivity contribution < 1.29 is 33.4 Å². The van der Waals surface area contributed by atoms with Crippen molar-refractivity contribution in [3.05, 3.63) is 0 Å². The minimum Gasteiger partial charge on any atom is -0.465 e. The quantitative estimate of drug-likeness (QED) is 0.317. The van der Waals surface area contributed by atoms with Crippen molar-refractivity contribution in [2.75, 3.05) is 19.8 Å². The lowest BCUT2D eigenvalue weighted by atomic mass is 9.76. The molecule has 0 aromatic heterocycles. The fourth-order valence-electron chi connectivity index (χ4n) is 3.74. The number of likely N-dealkylation sites (tertiary alicyclic amines) is 1. The second-order valence-corrected chi connectivity index (χ2v) is 9.08. The molecule has 1 aliphatic rings. The molecule has 30 heavy (non-hydrogen) atoms. The predicted molar refractivity (Wildman–Crippen MR) is 110 cm³/mol. The van der Waals surface area contributed by atoms with Crippen molar-refractivity contribution in [3.8, 4) is 0 Å². The molecule has 0 bridgehead atoms. The maximum Gasteiger partial charge on any atom is 0.329 e. The Balaban J connectivity index is 3.20. The maximum atomic E-state index is 13.2. The first-order valence-corrected chi connectivity index (χ1v) is 10.7. The van der Waals surface area contributed by atoms with Crippen LogP contribution in [0.3, 0.4) is 0 Å². The van der Waals surface area contributed by atoms with Gasteiger partial charge in [-0.05, 0) is 59.8 Å². The van der Waals surface area contributed by atoms with Gasteiger partial charge in [0.1, 0.15) is 11.6 Å². The molecule has 1 rings (SSSR count). The molecule has 0 saturated carbocycles. The van der Waals surface area contributed by atoms with Crippen LogP contribution in [-0.4, -0.2) is 60.1 Å². The van der Waals surface area contributed by atoms with Crippen LogP contribution in [0.4, 0.5) is 0 Å². The first-order chi connectivity index (χ1) is 13.9. The highest BCUT2D eigenvalue weighted by Gasteiger charge is 2.52. The van der Waals surface area contributed by atoms with Crippen molar-refractivity contribution in [2.24, 2.45) is 11.3 Å². The van der Waals surface area contributed by atoms with Crippen LogP contribution < -0.4 is 0 Å². The van der Waals surface area contributed by atoms with E-state index in [1.807, 2.05) is 13.8 Å². The van der Waals surface area contributed by atoms with Crippen molar-refractivity contribution in [1.29, 1.82) is 0 Å². The molecule has 0 aromatic rings. The molecule has 1 aliphatic heterocycles. The number of hydrogen-bond acceptors (Lipinski definition) is 7. The van der Waals surface area contributed by atoms with E-state index in [-0.39, 0.29) is 25.6 Å². The molecule has 172 valence electrons. The van der Waals surface area contributed by atoms with Gasteiger partial charge in [0.05, 0.1) is 19.6 Å². The first kappa shape index (κ1) is 25.9. The summed E-state index contributed by atoms with van der Waals surface area (Å²) in [5, 5.41) is 0.